The smallest absolute Gasteiger partial charge is 0.264 e. The molecule has 1 amide bonds. The first-order valence-corrected chi connectivity index (χ1v) is 14.5. The van der Waals surface area contributed by atoms with Gasteiger partial charge in [0, 0.05) is 9.50 Å². The molecule has 0 heterocycles. The number of rotatable bonds is 10. The van der Waals surface area contributed by atoms with Gasteiger partial charge in [0.05, 0.1) is 16.8 Å². The van der Waals surface area contributed by atoms with Gasteiger partial charge in [-0.15, -0.1) is 0 Å². The quantitative estimate of drug-likeness (QED) is 0.165. The number of halogens is 2. The van der Waals surface area contributed by atoms with Crippen LogP contribution < -0.4 is 14.5 Å². The molecule has 0 saturated heterocycles. The molecule has 4 aromatic rings. The molecule has 7 nitrogen and oxygen atoms in total. The summed E-state index contributed by atoms with van der Waals surface area (Å²) in [6, 6.07) is 27.8. The van der Waals surface area contributed by atoms with E-state index in [0.29, 0.717) is 27.5 Å². The molecule has 4 rings (SSSR count). The van der Waals surface area contributed by atoms with Crippen LogP contribution in [0.4, 0.5) is 5.69 Å². The van der Waals surface area contributed by atoms with E-state index < -0.39 is 22.5 Å². The number of sulfonamides is 1. The topological polar surface area (TPSA) is 88.1 Å². The van der Waals surface area contributed by atoms with E-state index in [4.69, 9.17) is 16.3 Å². The predicted molar refractivity (Wildman–Crippen MR) is 158 cm³/mol. The maximum absolute atomic E-state index is 13.5. The third kappa shape index (κ3) is 7.92. The van der Waals surface area contributed by atoms with Gasteiger partial charge in [-0.05, 0) is 84.8 Å². The van der Waals surface area contributed by atoms with Crippen LogP contribution in [0.5, 0.6) is 5.75 Å². The lowest BCUT2D eigenvalue weighted by Gasteiger charge is -2.24. The van der Waals surface area contributed by atoms with Gasteiger partial charge in [0.15, 0.2) is 0 Å². The molecule has 4 aromatic carbocycles. The average Bonchev–Trinajstić information content (AvgIpc) is 2.91. The number of amides is 1. The van der Waals surface area contributed by atoms with Crippen LogP contribution in [-0.4, -0.2) is 27.1 Å². The Morgan fingerprint density at radius 3 is 2.41 bits per heavy atom. The standard InChI is InChI=1S/C29H25BrClN3O4S/c1-21-8-14-28(15-9-21)39(36,37)34(26-7-3-5-24(30)17-26)19-29(35)33-32-18-22-10-12-27(13-11-22)38-20-23-4-2-6-25(31)16-23/h2-18H,19-20H2,1H3,(H,33,35)/b32-18+. The fourth-order valence-corrected chi connectivity index (χ4v) is 5.58. The van der Waals surface area contributed by atoms with Crippen molar-refractivity contribution < 1.29 is 17.9 Å². The number of nitrogens with one attached hydrogen (secondary N) is 1. The fraction of sp³-hybridized carbons (Fsp3) is 0.103. The van der Waals surface area contributed by atoms with Crippen LogP contribution in [-0.2, 0) is 21.4 Å². The summed E-state index contributed by atoms with van der Waals surface area (Å²) in [5.74, 6) is 0.0746. The van der Waals surface area contributed by atoms with Crippen molar-refractivity contribution in [1.82, 2.24) is 5.43 Å². The van der Waals surface area contributed by atoms with Gasteiger partial charge in [-0.1, -0.05) is 63.4 Å². The van der Waals surface area contributed by atoms with Crippen LogP contribution >= 0.6 is 27.5 Å². The highest BCUT2D eigenvalue weighted by molar-refractivity contribution is 9.10. The van der Waals surface area contributed by atoms with Gasteiger partial charge in [-0.3, -0.25) is 9.10 Å². The van der Waals surface area contributed by atoms with Crippen molar-refractivity contribution in [1.29, 1.82) is 0 Å². The molecule has 0 spiro atoms. The van der Waals surface area contributed by atoms with Crippen molar-refractivity contribution >= 4 is 55.4 Å². The van der Waals surface area contributed by atoms with E-state index in [-0.39, 0.29) is 4.90 Å². The Morgan fingerprint density at radius 1 is 1.00 bits per heavy atom. The van der Waals surface area contributed by atoms with Crippen LogP contribution in [0.1, 0.15) is 16.7 Å². The highest BCUT2D eigenvalue weighted by Crippen LogP contribution is 2.26. The molecule has 39 heavy (non-hydrogen) atoms. The molecule has 0 saturated carbocycles. The van der Waals surface area contributed by atoms with Gasteiger partial charge in [0.2, 0.25) is 0 Å². The van der Waals surface area contributed by atoms with Gasteiger partial charge in [-0.25, -0.2) is 13.8 Å². The van der Waals surface area contributed by atoms with Crippen molar-refractivity contribution in [3.05, 3.63) is 123 Å². The number of hydrogen-bond donors (Lipinski definition) is 1. The third-order valence-electron chi connectivity index (χ3n) is 5.57. The molecule has 10 heteroatoms. The van der Waals surface area contributed by atoms with Crippen LogP contribution in [0.15, 0.2) is 112 Å². The van der Waals surface area contributed by atoms with Crippen LogP contribution in [0.3, 0.4) is 0 Å². The molecule has 0 atom stereocenters. The minimum atomic E-state index is -4.01. The van der Waals surface area contributed by atoms with E-state index in [2.05, 4.69) is 26.5 Å². The minimum Gasteiger partial charge on any atom is -0.489 e. The first-order chi connectivity index (χ1) is 18.7. The maximum atomic E-state index is 13.5. The average molecular weight is 627 g/mol. The zero-order chi connectivity index (χ0) is 27.8. The minimum absolute atomic E-state index is 0.0852. The summed E-state index contributed by atoms with van der Waals surface area (Å²) in [6.07, 6.45) is 1.47. The summed E-state index contributed by atoms with van der Waals surface area (Å²) in [5.41, 5.74) is 5.36. The van der Waals surface area contributed by atoms with Crippen molar-refractivity contribution in [3.8, 4) is 5.75 Å². The van der Waals surface area contributed by atoms with E-state index in [9.17, 15) is 13.2 Å². The Morgan fingerprint density at radius 2 is 1.72 bits per heavy atom. The number of benzene rings is 4. The predicted octanol–water partition coefficient (Wildman–Crippen LogP) is 6.34. The SMILES string of the molecule is Cc1ccc(S(=O)(=O)N(CC(=O)N/N=C/c2ccc(OCc3cccc(Cl)c3)cc2)c2cccc(Br)c2)cc1. The molecule has 1 N–H and O–H groups in total. The summed E-state index contributed by atoms with van der Waals surface area (Å²) in [5, 5.41) is 4.64. The van der Waals surface area contributed by atoms with E-state index in [1.807, 2.05) is 25.1 Å². The summed E-state index contributed by atoms with van der Waals surface area (Å²) >= 11 is 9.37. The Labute approximate surface area is 241 Å². The Bertz CT molecular complexity index is 1580. The van der Waals surface area contributed by atoms with E-state index in [1.54, 1.807) is 66.7 Å². The fourth-order valence-electron chi connectivity index (χ4n) is 3.57. The largest absolute Gasteiger partial charge is 0.489 e. The second-order valence-electron chi connectivity index (χ2n) is 8.59. The zero-order valence-electron chi connectivity index (χ0n) is 20.9. The molecular weight excluding hydrogens is 602 g/mol. The van der Waals surface area contributed by atoms with Crippen molar-refractivity contribution in [2.45, 2.75) is 18.4 Å². The Hall–Kier alpha value is -3.66. The number of hydrogen-bond acceptors (Lipinski definition) is 5. The van der Waals surface area contributed by atoms with Gasteiger partial charge in [-0.2, -0.15) is 5.10 Å². The van der Waals surface area contributed by atoms with Crippen molar-refractivity contribution in [3.63, 3.8) is 0 Å². The summed E-state index contributed by atoms with van der Waals surface area (Å²) in [6.45, 7) is 1.79. The van der Waals surface area contributed by atoms with Crippen LogP contribution in [0.25, 0.3) is 0 Å². The van der Waals surface area contributed by atoms with Crippen LogP contribution in [0, 0.1) is 6.92 Å². The molecule has 0 aliphatic rings. The Balaban J connectivity index is 1.40. The number of aryl methyl sites for hydroxylation is 1. The maximum Gasteiger partial charge on any atom is 0.264 e. The molecule has 0 unspecified atom stereocenters. The van der Waals surface area contributed by atoms with E-state index >= 15 is 0 Å². The van der Waals surface area contributed by atoms with Crippen molar-refractivity contribution in [2.24, 2.45) is 5.10 Å². The summed E-state index contributed by atoms with van der Waals surface area (Å²) < 4.78 is 34.4. The normalized spacial score (nSPS) is 11.4. The molecule has 0 radical (unpaired) electrons. The highest BCUT2D eigenvalue weighted by atomic mass is 79.9. The number of nitrogens with zero attached hydrogens (tertiary/aromatic N) is 2. The Kier molecular flexibility index (Phi) is 9.40. The van der Waals surface area contributed by atoms with Crippen LogP contribution in [0.2, 0.25) is 5.02 Å². The van der Waals surface area contributed by atoms with Gasteiger partial charge < -0.3 is 4.74 Å². The first-order valence-electron chi connectivity index (χ1n) is 11.8. The zero-order valence-corrected chi connectivity index (χ0v) is 24.1. The molecular formula is C29H25BrClN3O4S. The lowest BCUT2D eigenvalue weighted by molar-refractivity contribution is -0.119. The lowest BCUT2D eigenvalue weighted by atomic mass is 10.2. The molecule has 0 fully saturated rings. The number of anilines is 1. The second-order valence-corrected chi connectivity index (χ2v) is 11.8. The molecule has 0 aliphatic heterocycles. The monoisotopic (exact) mass is 625 g/mol. The first kappa shape index (κ1) is 28.4. The molecule has 0 aromatic heterocycles. The molecule has 0 aliphatic carbocycles. The number of carbonyl (C=O) groups excluding carboxylic acids is 1. The van der Waals surface area contributed by atoms with Gasteiger partial charge >= 0.3 is 0 Å². The lowest BCUT2D eigenvalue weighted by Crippen LogP contribution is -2.39. The molecule has 200 valence electrons. The van der Waals surface area contributed by atoms with E-state index in [1.165, 1.54) is 18.3 Å². The number of ether oxygens (including phenoxy) is 1. The van der Waals surface area contributed by atoms with Gasteiger partial charge in [0.1, 0.15) is 18.9 Å². The number of carbonyl (C=O) groups is 1. The third-order valence-corrected chi connectivity index (χ3v) is 8.09. The number of hydrazone groups is 1. The summed E-state index contributed by atoms with van der Waals surface area (Å²) in [7, 11) is -4.01. The highest BCUT2D eigenvalue weighted by Gasteiger charge is 2.27. The van der Waals surface area contributed by atoms with E-state index in [0.717, 1.165) is 21.0 Å². The van der Waals surface area contributed by atoms with Crippen molar-refractivity contribution in [2.75, 3.05) is 10.8 Å². The second kappa shape index (κ2) is 12.9. The van der Waals surface area contributed by atoms with Gasteiger partial charge in [0.25, 0.3) is 15.9 Å². The molecule has 0 bridgehead atoms. The summed E-state index contributed by atoms with van der Waals surface area (Å²) in [4.78, 5) is 12.8.